The van der Waals surface area contributed by atoms with Gasteiger partial charge in [0.2, 0.25) is 5.92 Å². The standard InChI is InChI=1S/C18H22F2N6O3S/c19-18(20)3-1-9(7-18)14-23-17(29-25-14)26-4-2-12-13(8-26)30-16(22-12)24-15(28)21-10-5-11(27)6-10/h9-11,27H,1-8H2,(H2,21,22,24,28). The van der Waals surface area contributed by atoms with E-state index in [2.05, 4.69) is 25.8 Å². The lowest BCUT2D eigenvalue weighted by Crippen LogP contribution is -2.48. The van der Waals surface area contributed by atoms with Gasteiger partial charge in [-0.25, -0.2) is 18.6 Å². The molecule has 0 bridgehead atoms. The van der Waals surface area contributed by atoms with Crippen LogP contribution in [-0.4, -0.2) is 50.9 Å². The minimum atomic E-state index is -2.65. The van der Waals surface area contributed by atoms with Gasteiger partial charge in [-0.1, -0.05) is 16.5 Å². The summed E-state index contributed by atoms with van der Waals surface area (Å²) in [5.41, 5.74) is 0.917. The number of carbonyl (C=O) groups excluding carboxylic acids is 1. The Morgan fingerprint density at radius 3 is 2.90 bits per heavy atom. The van der Waals surface area contributed by atoms with Gasteiger partial charge in [-0.3, -0.25) is 5.32 Å². The second-order valence-corrected chi connectivity index (χ2v) is 9.30. The predicted octanol–water partition coefficient (Wildman–Crippen LogP) is 2.64. The van der Waals surface area contributed by atoms with E-state index in [1.807, 2.05) is 4.90 Å². The number of anilines is 2. The van der Waals surface area contributed by atoms with E-state index >= 15 is 0 Å². The molecule has 9 nitrogen and oxygen atoms in total. The third-order valence-electron chi connectivity index (χ3n) is 5.87. The average Bonchev–Trinajstić information content (AvgIpc) is 3.37. The summed E-state index contributed by atoms with van der Waals surface area (Å²) in [6, 6.07) is -0.00330. The van der Waals surface area contributed by atoms with Crippen LogP contribution in [0.3, 0.4) is 0 Å². The summed E-state index contributed by atoms with van der Waals surface area (Å²) >= 11 is 1.38. The van der Waals surface area contributed by atoms with Crippen molar-refractivity contribution < 1.29 is 23.2 Å². The molecule has 2 saturated carbocycles. The molecule has 0 radical (unpaired) electrons. The summed E-state index contributed by atoms with van der Waals surface area (Å²) in [7, 11) is 0. The molecule has 2 aromatic heterocycles. The number of carbonyl (C=O) groups is 1. The Balaban J connectivity index is 1.20. The normalized spacial score (nSPS) is 27.4. The first-order valence-corrected chi connectivity index (χ1v) is 10.9. The van der Waals surface area contributed by atoms with Crippen LogP contribution in [0.2, 0.25) is 0 Å². The highest BCUT2D eigenvalue weighted by Crippen LogP contribution is 2.43. The number of aromatic nitrogens is 3. The monoisotopic (exact) mass is 440 g/mol. The first kappa shape index (κ1) is 19.6. The first-order valence-electron chi connectivity index (χ1n) is 10.1. The molecule has 0 spiro atoms. The van der Waals surface area contributed by atoms with Crippen molar-refractivity contribution in [3.63, 3.8) is 0 Å². The third-order valence-corrected chi connectivity index (χ3v) is 6.87. The summed E-state index contributed by atoms with van der Waals surface area (Å²) in [5, 5.41) is 19.3. The Morgan fingerprint density at radius 1 is 1.33 bits per heavy atom. The van der Waals surface area contributed by atoms with Crippen LogP contribution in [0.15, 0.2) is 4.52 Å². The van der Waals surface area contributed by atoms with Gasteiger partial charge in [0.1, 0.15) is 0 Å². The highest BCUT2D eigenvalue weighted by atomic mass is 32.1. The van der Waals surface area contributed by atoms with Gasteiger partial charge >= 0.3 is 12.0 Å². The van der Waals surface area contributed by atoms with Gasteiger partial charge in [-0.05, 0) is 19.3 Å². The van der Waals surface area contributed by atoms with E-state index in [4.69, 9.17) is 4.52 Å². The molecule has 3 aliphatic rings. The van der Waals surface area contributed by atoms with E-state index in [0.717, 1.165) is 10.6 Å². The van der Waals surface area contributed by atoms with Crippen molar-refractivity contribution in [2.24, 2.45) is 0 Å². The number of hydrogen-bond donors (Lipinski definition) is 3. The summed E-state index contributed by atoms with van der Waals surface area (Å²) in [5.74, 6) is -2.67. The average molecular weight is 440 g/mol. The lowest BCUT2D eigenvalue weighted by Gasteiger charge is -2.31. The predicted molar refractivity (Wildman–Crippen MR) is 104 cm³/mol. The van der Waals surface area contributed by atoms with Crippen LogP contribution in [0.4, 0.5) is 24.7 Å². The van der Waals surface area contributed by atoms with Gasteiger partial charge in [0, 0.05) is 42.6 Å². The molecule has 2 aliphatic carbocycles. The van der Waals surface area contributed by atoms with Gasteiger partial charge in [0.25, 0.3) is 0 Å². The zero-order chi connectivity index (χ0) is 20.9. The molecule has 0 saturated heterocycles. The molecule has 2 aromatic rings. The van der Waals surface area contributed by atoms with Crippen molar-refractivity contribution >= 4 is 28.5 Å². The lowest BCUT2D eigenvalue weighted by molar-refractivity contribution is 0.00749. The highest BCUT2D eigenvalue weighted by Gasteiger charge is 2.42. The van der Waals surface area contributed by atoms with E-state index in [0.29, 0.717) is 55.7 Å². The van der Waals surface area contributed by atoms with E-state index in [-0.39, 0.29) is 36.9 Å². The molecule has 2 amide bonds. The topological polar surface area (TPSA) is 116 Å². The maximum absolute atomic E-state index is 13.5. The molecule has 0 aromatic carbocycles. The van der Waals surface area contributed by atoms with Crippen molar-refractivity contribution in [1.82, 2.24) is 20.4 Å². The highest BCUT2D eigenvalue weighted by molar-refractivity contribution is 7.15. The number of rotatable bonds is 4. The number of alkyl halides is 2. The molecular formula is C18H22F2N6O3S. The fourth-order valence-corrected chi connectivity index (χ4v) is 5.15. The van der Waals surface area contributed by atoms with Crippen LogP contribution in [0.5, 0.6) is 0 Å². The number of thiazole rings is 1. The SMILES string of the molecule is O=C(Nc1nc2c(s1)CN(c1nc(C3CCC(F)(F)C3)no1)CC2)NC1CC(O)C1. The summed E-state index contributed by atoms with van der Waals surface area (Å²) < 4.78 is 32.3. The van der Waals surface area contributed by atoms with Gasteiger partial charge in [-0.15, -0.1) is 0 Å². The molecule has 3 heterocycles. The molecule has 1 unspecified atom stereocenters. The molecule has 5 rings (SSSR count). The molecule has 162 valence electrons. The number of nitrogens with one attached hydrogen (secondary N) is 2. The van der Waals surface area contributed by atoms with Crippen LogP contribution >= 0.6 is 11.3 Å². The molecule has 30 heavy (non-hydrogen) atoms. The third kappa shape index (κ3) is 3.97. The number of amides is 2. The lowest BCUT2D eigenvalue weighted by atomic mass is 9.90. The number of hydrogen-bond acceptors (Lipinski definition) is 8. The summed E-state index contributed by atoms with van der Waals surface area (Å²) in [4.78, 5) is 23.8. The quantitative estimate of drug-likeness (QED) is 0.669. The number of urea groups is 1. The van der Waals surface area contributed by atoms with Crippen molar-refractivity contribution in [2.45, 2.75) is 69.1 Å². The largest absolute Gasteiger partial charge is 0.393 e. The second kappa shape index (κ2) is 7.41. The van der Waals surface area contributed by atoms with Crippen LogP contribution in [-0.2, 0) is 13.0 Å². The van der Waals surface area contributed by atoms with Crippen molar-refractivity contribution in [3.8, 4) is 0 Å². The van der Waals surface area contributed by atoms with E-state index in [9.17, 15) is 18.7 Å². The van der Waals surface area contributed by atoms with Crippen molar-refractivity contribution in [1.29, 1.82) is 0 Å². The van der Waals surface area contributed by atoms with Crippen LogP contribution in [0, 0.1) is 0 Å². The van der Waals surface area contributed by atoms with Crippen molar-refractivity contribution in [3.05, 3.63) is 16.4 Å². The minimum Gasteiger partial charge on any atom is -0.393 e. The molecule has 2 fully saturated rings. The molecule has 3 N–H and O–H groups in total. The van der Waals surface area contributed by atoms with Gasteiger partial charge < -0.3 is 19.8 Å². The van der Waals surface area contributed by atoms with Crippen LogP contribution in [0.1, 0.15) is 54.4 Å². The van der Waals surface area contributed by atoms with Crippen molar-refractivity contribution in [2.75, 3.05) is 16.8 Å². The Bertz CT molecular complexity index is 944. The first-order chi connectivity index (χ1) is 14.3. The van der Waals surface area contributed by atoms with E-state index in [1.165, 1.54) is 11.3 Å². The van der Waals surface area contributed by atoms with Gasteiger partial charge in [-0.2, -0.15) is 4.98 Å². The second-order valence-electron chi connectivity index (χ2n) is 8.21. The fraction of sp³-hybridized carbons (Fsp3) is 0.667. The molecule has 1 atom stereocenters. The number of halogens is 2. The number of fused-ring (bicyclic) bond motifs is 1. The van der Waals surface area contributed by atoms with E-state index in [1.54, 1.807) is 0 Å². The maximum Gasteiger partial charge on any atom is 0.324 e. The smallest absolute Gasteiger partial charge is 0.324 e. The fourth-order valence-electron chi connectivity index (χ4n) is 4.13. The Morgan fingerprint density at radius 2 is 2.17 bits per heavy atom. The molecular weight excluding hydrogens is 418 g/mol. The Hall–Kier alpha value is -2.34. The zero-order valence-corrected chi connectivity index (χ0v) is 16.9. The van der Waals surface area contributed by atoms with Gasteiger partial charge in [0.05, 0.1) is 18.3 Å². The number of aliphatic hydroxyl groups excluding tert-OH is 1. The van der Waals surface area contributed by atoms with Crippen LogP contribution in [0.25, 0.3) is 0 Å². The molecule has 12 heteroatoms. The zero-order valence-electron chi connectivity index (χ0n) is 16.1. The maximum atomic E-state index is 13.5. The van der Waals surface area contributed by atoms with Crippen LogP contribution < -0.4 is 15.5 Å². The minimum absolute atomic E-state index is 0.00313. The Kier molecular flexibility index (Phi) is 4.85. The number of nitrogens with zero attached hydrogens (tertiary/aromatic N) is 4. The Labute approximate surface area is 174 Å². The summed E-state index contributed by atoms with van der Waals surface area (Å²) in [6.45, 7) is 1.12. The molecule has 1 aliphatic heterocycles. The van der Waals surface area contributed by atoms with Gasteiger partial charge in [0.15, 0.2) is 11.0 Å². The summed E-state index contributed by atoms with van der Waals surface area (Å²) in [6.07, 6.45) is 1.46. The van der Waals surface area contributed by atoms with E-state index < -0.39 is 5.92 Å². The number of aliphatic hydroxyl groups is 1.